The van der Waals surface area contributed by atoms with Crippen LogP contribution in [0.3, 0.4) is 0 Å². The zero-order chi connectivity index (χ0) is 30.5. The molecular formula is C28H26F6N2O5. The zero-order valence-corrected chi connectivity index (χ0v) is 22.0. The Morgan fingerprint density at radius 2 is 1.20 bits per heavy atom. The molecular weight excluding hydrogens is 558 g/mol. The number of rotatable bonds is 9. The minimum absolute atomic E-state index is 0.0262. The monoisotopic (exact) mass is 584 g/mol. The summed E-state index contributed by atoms with van der Waals surface area (Å²) >= 11 is 0. The maximum atomic E-state index is 13.4. The summed E-state index contributed by atoms with van der Waals surface area (Å²) in [6, 6.07) is 16.8. The van der Waals surface area contributed by atoms with Crippen molar-refractivity contribution in [3.63, 3.8) is 0 Å². The Balaban J connectivity index is 2.26. The van der Waals surface area contributed by atoms with Gasteiger partial charge in [0, 0.05) is 6.42 Å². The van der Waals surface area contributed by atoms with Gasteiger partial charge in [0.2, 0.25) is 0 Å². The molecule has 0 aliphatic carbocycles. The lowest BCUT2D eigenvalue weighted by atomic mass is 9.77. The number of esters is 1. The molecule has 0 aromatic heterocycles. The van der Waals surface area contributed by atoms with E-state index in [-0.39, 0.29) is 17.5 Å². The van der Waals surface area contributed by atoms with E-state index in [1.807, 2.05) is 0 Å². The van der Waals surface area contributed by atoms with E-state index in [4.69, 9.17) is 4.74 Å². The second-order valence-corrected chi connectivity index (χ2v) is 9.41. The van der Waals surface area contributed by atoms with Crippen molar-refractivity contribution in [2.24, 2.45) is 0 Å². The van der Waals surface area contributed by atoms with Gasteiger partial charge in [0.1, 0.15) is 17.0 Å². The van der Waals surface area contributed by atoms with E-state index in [0.717, 1.165) is 31.4 Å². The van der Waals surface area contributed by atoms with Crippen LogP contribution in [0.2, 0.25) is 0 Å². The molecule has 0 radical (unpaired) electrons. The van der Waals surface area contributed by atoms with Gasteiger partial charge >= 0.3 is 24.7 Å². The van der Waals surface area contributed by atoms with Crippen LogP contribution in [0, 0.1) is 0 Å². The van der Waals surface area contributed by atoms with Crippen molar-refractivity contribution in [3.8, 4) is 11.5 Å². The second kappa shape index (κ2) is 12.0. The van der Waals surface area contributed by atoms with Crippen molar-refractivity contribution in [1.82, 2.24) is 10.6 Å². The van der Waals surface area contributed by atoms with Crippen LogP contribution >= 0.6 is 0 Å². The van der Waals surface area contributed by atoms with Crippen LogP contribution in [0.15, 0.2) is 78.9 Å². The van der Waals surface area contributed by atoms with Gasteiger partial charge in [-0.15, -0.1) is 26.3 Å². The molecule has 0 aliphatic heterocycles. The summed E-state index contributed by atoms with van der Waals surface area (Å²) < 4.78 is 91.4. The van der Waals surface area contributed by atoms with Gasteiger partial charge < -0.3 is 24.8 Å². The molecule has 0 saturated heterocycles. The van der Waals surface area contributed by atoms with Gasteiger partial charge in [-0.3, -0.25) is 0 Å². The number of ether oxygens (including phenoxy) is 3. The highest BCUT2D eigenvalue weighted by molar-refractivity contribution is 5.87. The minimum Gasteiger partial charge on any atom is -0.467 e. The maximum Gasteiger partial charge on any atom is 0.573 e. The number of hydrogen-bond donors (Lipinski definition) is 2. The number of methoxy groups -OCH3 is 1. The van der Waals surface area contributed by atoms with Crippen LogP contribution in [0.4, 0.5) is 31.1 Å². The first kappa shape index (κ1) is 31.1. The molecule has 0 saturated carbocycles. The number of halogens is 6. The largest absolute Gasteiger partial charge is 0.573 e. The van der Waals surface area contributed by atoms with E-state index in [0.29, 0.717) is 5.56 Å². The van der Waals surface area contributed by atoms with E-state index in [1.54, 1.807) is 30.3 Å². The highest BCUT2D eigenvalue weighted by Crippen LogP contribution is 2.38. The molecule has 2 N–H and O–H groups in total. The number of carbonyl (C=O) groups is 2. The summed E-state index contributed by atoms with van der Waals surface area (Å²) in [6.45, 7) is 2.71. The molecule has 3 aromatic rings. The van der Waals surface area contributed by atoms with E-state index in [2.05, 4.69) is 20.1 Å². The Morgan fingerprint density at radius 1 is 0.707 bits per heavy atom. The maximum absolute atomic E-state index is 13.4. The van der Waals surface area contributed by atoms with Crippen LogP contribution in [-0.2, 0) is 21.5 Å². The molecule has 0 fully saturated rings. The lowest BCUT2D eigenvalue weighted by Crippen LogP contribution is -2.58. The molecule has 0 atom stereocenters. The smallest absolute Gasteiger partial charge is 0.467 e. The summed E-state index contributed by atoms with van der Waals surface area (Å²) in [6.07, 6.45) is -10.2. The molecule has 2 amide bonds. The molecule has 3 rings (SSSR count). The van der Waals surface area contributed by atoms with Crippen LogP contribution in [0.1, 0.15) is 30.5 Å². The van der Waals surface area contributed by atoms with Crippen molar-refractivity contribution >= 4 is 12.0 Å². The Kier molecular flexibility index (Phi) is 9.09. The zero-order valence-electron chi connectivity index (χ0n) is 22.0. The van der Waals surface area contributed by atoms with Crippen LogP contribution in [-0.4, -0.2) is 37.4 Å². The van der Waals surface area contributed by atoms with Crippen molar-refractivity contribution < 1.29 is 50.1 Å². The third kappa shape index (κ3) is 8.53. The number of alkyl halides is 6. The van der Waals surface area contributed by atoms with Crippen molar-refractivity contribution in [3.05, 3.63) is 95.6 Å². The van der Waals surface area contributed by atoms with Crippen molar-refractivity contribution in [1.29, 1.82) is 0 Å². The summed E-state index contributed by atoms with van der Waals surface area (Å²) in [5, 5.41) is 5.14. The normalized spacial score (nSPS) is 12.3. The number of benzene rings is 3. The molecule has 3 aromatic carbocycles. The Hall–Kier alpha value is -4.42. The van der Waals surface area contributed by atoms with Gasteiger partial charge in [-0.05, 0) is 54.8 Å². The molecule has 0 spiro atoms. The summed E-state index contributed by atoms with van der Waals surface area (Å²) in [5.74, 6) is -2.07. The first-order valence-corrected chi connectivity index (χ1v) is 12.0. The first-order valence-electron chi connectivity index (χ1n) is 12.0. The predicted molar refractivity (Wildman–Crippen MR) is 135 cm³/mol. The molecule has 7 nitrogen and oxygen atoms in total. The molecule has 41 heavy (non-hydrogen) atoms. The molecule has 0 heterocycles. The topological polar surface area (TPSA) is 85.9 Å². The Bertz CT molecular complexity index is 1300. The highest BCUT2D eigenvalue weighted by atomic mass is 19.4. The summed E-state index contributed by atoms with van der Waals surface area (Å²) in [7, 11) is 1.11. The SMILES string of the molecule is COC(=O)C(C)(C)NC(=O)NC(Cc1ccccc1)(c1cccc(OC(F)(F)F)c1)c1cccc(OC(F)(F)F)c1. The molecule has 220 valence electrons. The fourth-order valence-electron chi connectivity index (χ4n) is 4.19. The van der Waals surface area contributed by atoms with Gasteiger partial charge in [-0.1, -0.05) is 54.6 Å². The van der Waals surface area contributed by atoms with Gasteiger partial charge in [0.25, 0.3) is 0 Å². The van der Waals surface area contributed by atoms with E-state index >= 15 is 0 Å². The van der Waals surface area contributed by atoms with Gasteiger partial charge in [0.15, 0.2) is 0 Å². The lowest BCUT2D eigenvalue weighted by molar-refractivity contribution is -0.275. The number of nitrogens with one attached hydrogen (secondary N) is 2. The quantitative estimate of drug-likeness (QED) is 0.231. The minimum atomic E-state index is -5.05. The van der Waals surface area contributed by atoms with E-state index in [9.17, 15) is 35.9 Å². The number of carbonyl (C=O) groups excluding carboxylic acids is 2. The predicted octanol–water partition coefficient (Wildman–Crippen LogP) is 6.22. The van der Waals surface area contributed by atoms with Crippen LogP contribution in [0.25, 0.3) is 0 Å². The van der Waals surface area contributed by atoms with Crippen LogP contribution in [0.5, 0.6) is 11.5 Å². The average molecular weight is 585 g/mol. The second-order valence-electron chi connectivity index (χ2n) is 9.41. The number of urea groups is 1. The molecule has 13 heteroatoms. The van der Waals surface area contributed by atoms with E-state index in [1.165, 1.54) is 38.1 Å². The van der Waals surface area contributed by atoms with E-state index < -0.39 is 47.3 Å². The van der Waals surface area contributed by atoms with Gasteiger partial charge in [-0.25, -0.2) is 9.59 Å². The molecule has 0 bridgehead atoms. The average Bonchev–Trinajstić information content (AvgIpc) is 2.86. The van der Waals surface area contributed by atoms with Crippen molar-refractivity contribution in [2.45, 2.75) is 44.1 Å². The number of amides is 2. The Morgan fingerprint density at radius 3 is 1.63 bits per heavy atom. The Labute approximate surface area is 231 Å². The van der Waals surface area contributed by atoms with Gasteiger partial charge in [-0.2, -0.15) is 0 Å². The standard InChI is InChI=1S/C28H26F6N2O5/c1-25(2,23(37)39-3)35-24(38)36-26(17-18-9-5-4-6-10-18,19-11-7-13-21(15-19)40-27(29,30)31)20-12-8-14-22(16-20)41-28(32,33)34/h4-16H,17H2,1-3H3,(H2,35,36,38). The fraction of sp³-hybridized carbons (Fsp3) is 0.286. The van der Waals surface area contributed by atoms with Gasteiger partial charge in [0.05, 0.1) is 12.6 Å². The first-order chi connectivity index (χ1) is 19.0. The van der Waals surface area contributed by atoms with Crippen molar-refractivity contribution in [2.75, 3.05) is 7.11 Å². The third-order valence-corrected chi connectivity index (χ3v) is 5.88. The molecule has 0 aliphatic rings. The fourth-order valence-corrected chi connectivity index (χ4v) is 4.19. The van der Waals surface area contributed by atoms with Crippen LogP contribution < -0.4 is 20.1 Å². The summed E-state index contributed by atoms with van der Waals surface area (Å²) in [4.78, 5) is 25.6. The summed E-state index contributed by atoms with van der Waals surface area (Å²) in [5.41, 5.74) is -2.76. The lowest BCUT2D eigenvalue weighted by Gasteiger charge is -2.38. The highest BCUT2D eigenvalue weighted by Gasteiger charge is 2.41. The number of hydrogen-bond acceptors (Lipinski definition) is 5. The molecule has 0 unspecified atom stereocenters. The third-order valence-electron chi connectivity index (χ3n) is 5.88.